The van der Waals surface area contributed by atoms with Crippen molar-refractivity contribution in [3.05, 3.63) is 64.2 Å². The molecule has 0 spiro atoms. The van der Waals surface area contributed by atoms with E-state index < -0.39 is 5.97 Å². The average Bonchev–Trinajstić information content (AvgIpc) is 2.88. The lowest BCUT2D eigenvalue weighted by molar-refractivity contribution is 0.0697. The second-order valence-corrected chi connectivity index (χ2v) is 6.20. The minimum Gasteiger partial charge on any atom is -0.478 e. The van der Waals surface area contributed by atoms with Crippen molar-refractivity contribution in [1.29, 1.82) is 0 Å². The summed E-state index contributed by atoms with van der Waals surface area (Å²) >= 11 is 1.58. The van der Waals surface area contributed by atoms with Crippen LogP contribution in [0.2, 0.25) is 0 Å². The van der Waals surface area contributed by atoms with Gasteiger partial charge in [0.1, 0.15) is 0 Å². The summed E-state index contributed by atoms with van der Waals surface area (Å²) in [6.45, 7) is 2.08. The first-order valence-electron chi connectivity index (χ1n) is 6.80. The van der Waals surface area contributed by atoms with Crippen LogP contribution in [0.1, 0.15) is 26.5 Å². The molecule has 0 saturated carbocycles. The van der Waals surface area contributed by atoms with E-state index in [0.717, 1.165) is 28.1 Å². The number of carboxylic acids is 1. The van der Waals surface area contributed by atoms with Crippen LogP contribution < -0.4 is 0 Å². The number of benzene rings is 2. The van der Waals surface area contributed by atoms with Gasteiger partial charge in [-0.25, -0.2) is 9.78 Å². The number of thiazole rings is 1. The highest BCUT2D eigenvalue weighted by atomic mass is 32.1. The highest BCUT2D eigenvalue weighted by Crippen LogP contribution is 2.24. The van der Waals surface area contributed by atoms with E-state index in [0.29, 0.717) is 5.56 Å². The Morgan fingerprint density at radius 2 is 1.90 bits per heavy atom. The lowest BCUT2D eigenvalue weighted by Gasteiger charge is -1.99. The molecule has 4 heteroatoms. The molecule has 106 valence electrons. The van der Waals surface area contributed by atoms with Gasteiger partial charge in [-0.3, -0.25) is 0 Å². The van der Waals surface area contributed by atoms with Gasteiger partial charge in [-0.05, 0) is 37.1 Å². The van der Waals surface area contributed by atoms with Crippen molar-refractivity contribution in [2.24, 2.45) is 0 Å². The van der Waals surface area contributed by atoms with E-state index in [1.807, 2.05) is 0 Å². The minimum absolute atomic E-state index is 0.316. The molecule has 0 bridgehead atoms. The highest BCUT2D eigenvalue weighted by Gasteiger charge is 2.08. The first kappa shape index (κ1) is 13.8. The molecule has 0 fully saturated rings. The highest BCUT2D eigenvalue weighted by molar-refractivity contribution is 7.18. The Kier molecular flexibility index (Phi) is 3.71. The van der Waals surface area contributed by atoms with Crippen LogP contribution >= 0.6 is 11.3 Å². The predicted molar refractivity (Wildman–Crippen MR) is 85.2 cm³/mol. The maximum absolute atomic E-state index is 11.0. The average molecular weight is 297 g/mol. The van der Waals surface area contributed by atoms with Gasteiger partial charge in [0.15, 0.2) is 0 Å². The summed E-state index contributed by atoms with van der Waals surface area (Å²) in [5, 5.41) is 10.1. The molecule has 21 heavy (non-hydrogen) atoms. The van der Waals surface area contributed by atoms with Crippen LogP contribution in [0, 0.1) is 6.92 Å². The molecular weight excluding hydrogens is 282 g/mol. The van der Waals surface area contributed by atoms with Gasteiger partial charge in [0.2, 0.25) is 0 Å². The third kappa shape index (κ3) is 3.11. The van der Waals surface area contributed by atoms with Gasteiger partial charge in [0.05, 0.1) is 20.8 Å². The molecule has 0 saturated heterocycles. The van der Waals surface area contributed by atoms with Crippen molar-refractivity contribution >= 4 is 27.5 Å². The summed E-state index contributed by atoms with van der Waals surface area (Å²) in [6.07, 6.45) is 1.83. The number of aryl methyl sites for hydroxylation is 3. The van der Waals surface area contributed by atoms with E-state index in [-0.39, 0.29) is 0 Å². The fraction of sp³-hybridized carbons (Fsp3) is 0.176. The monoisotopic (exact) mass is 297 g/mol. The summed E-state index contributed by atoms with van der Waals surface area (Å²) < 4.78 is 0.939. The van der Waals surface area contributed by atoms with Crippen LogP contribution in [0.5, 0.6) is 0 Å². The van der Waals surface area contributed by atoms with Gasteiger partial charge in [0.25, 0.3) is 0 Å². The molecule has 0 radical (unpaired) electrons. The van der Waals surface area contributed by atoms with Crippen molar-refractivity contribution in [2.75, 3.05) is 0 Å². The molecule has 3 aromatic rings. The second-order valence-electron chi connectivity index (χ2n) is 5.08. The second kappa shape index (κ2) is 5.66. The zero-order valence-corrected chi connectivity index (χ0v) is 12.5. The van der Waals surface area contributed by atoms with Crippen LogP contribution in [0.25, 0.3) is 10.2 Å². The van der Waals surface area contributed by atoms with Gasteiger partial charge < -0.3 is 5.11 Å². The molecule has 2 aromatic carbocycles. The van der Waals surface area contributed by atoms with Gasteiger partial charge in [-0.15, -0.1) is 11.3 Å². The standard InChI is InChI=1S/C17H15NO2S/c1-11-2-4-12(5-3-11)6-9-16-18-14-8-7-13(17(19)20)10-15(14)21-16/h2-5,7-8,10H,6,9H2,1H3,(H,19,20). The van der Waals surface area contributed by atoms with E-state index in [2.05, 4.69) is 36.2 Å². The number of aromatic carboxylic acids is 1. The molecule has 0 aliphatic rings. The smallest absolute Gasteiger partial charge is 0.335 e. The molecule has 0 atom stereocenters. The minimum atomic E-state index is -0.897. The molecule has 0 unspecified atom stereocenters. The third-order valence-corrected chi connectivity index (χ3v) is 4.51. The van der Waals surface area contributed by atoms with Crippen LogP contribution in [-0.4, -0.2) is 16.1 Å². The molecule has 0 aliphatic carbocycles. The molecule has 3 nitrogen and oxygen atoms in total. The predicted octanol–water partition coefficient (Wildman–Crippen LogP) is 4.09. The van der Waals surface area contributed by atoms with Crippen LogP contribution in [0.4, 0.5) is 0 Å². The Labute approximate surface area is 126 Å². The fourth-order valence-electron chi connectivity index (χ4n) is 2.22. The number of carboxylic acid groups (broad SMARTS) is 1. The van der Waals surface area contributed by atoms with E-state index >= 15 is 0 Å². The number of aromatic nitrogens is 1. The van der Waals surface area contributed by atoms with Crippen molar-refractivity contribution in [2.45, 2.75) is 19.8 Å². The summed E-state index contributed by atoms with van der Waals surface area (Å²) in [7, 11) is 0. The zero-order valence-electron chi connectivity index (χ0n) is 11.7. The van der Waals surface area contributed by atoms with Crippen molar-refractivity contribution in [3.63, 3.8) is 0 Å². The molecular formula is C17H15NO2S. The largest absolute Gasteiger partial charge is 0.478 e. The SMILES string of the molecule is Cc1ccc(CCc2nc3ccc(C(=O)O)cc3s2)cc1. The number of carbonyl (C=O) groups is 1. The summed E-state index contributed by atoms with van der Waals surface area (Å²) in [4.78, 5) is 15.5. The van der Waals surface area contributed by atoms with E-state index in [9.17, 15) is 4.79 Å². The van der Waals surface area contributed by atoms with E-state index in [1.54, 1.807) is 29.5 Å². The number of nitrogens with zero attached hydrogens (tertiary/aromatic N) is 1. The summed E-state index contributed by atoms with van der Waals surface area (Å²) in [6, 6.07) is 13.6. The topological polar surface area (TPSA) is 50.2 Å². The van der Waals surface area contributed by atoms with Crippen LogP contribution in [-0.2, 0) is 12.8 Å². The van der Waals surface area contributed by atoms with Gasteiger partial charge in [-0.1, -0.05) is 29.8 Å². The van der Waals surface area contributed by atoms with Gasteiger partial charge >= 0.3 is 5.97 Å². The zero-order chi connectivity index (χ0) is 14.8. The molecule has 1 aromatic heterocycles. The Balaban J connectivity index is 1.78. The lowest BCUT2D eigenvalue weighted by atomic mass is 10.1. The Bertz CT molecular complexity index is 790. The Hall–Kier alpha value is -2.20. The van der Waals surface area contributed by atoms with Gasteiger partial charge in [0, 0.05) is 6.42 Å². The number of fused-ring (bicyclic) bond motifs is 1. The maximum atomic E-state index is 11.0. The number of hydrogen-bond donors (Lipinski definition) is 1. The van der Waals surface area contributed by atoms with Crippen molar-refractivity contribution in [3.8, 4) is 0 Å². The molecule has 0 aliphatic heterocycles. The third-order valence-electron chi connectivity index (χ3n) is 3.43. The first-order valence-corrected chi connectivity index (χ1v) is 7.62. The fourth-order valence-corrected chi connectivity index (χ4v) is 3.22. The molecule has 1 N–H and O–H groups in total. The lowest BCUT2D eigenvalue weighted by Crippen LogP contribution is -1.94. The Morgan fingerprint density at radius 3 is 2.62 bits per heavy atom. The van der Waals surface area contributed by atoms with E-state index in [4.69, 9.17) is 5.11 Å². The quantitative estimate of drug-likeness (QED) is 0.789. The first-order chi connectivity index (χ1) is 10.1. The normalized spacial score (nSPS) is 10.9. The number of hydrogen-bond acceptors (Lipinski definition) is 3. The summed E-state index contributed by atoms with van der Waals surface area (Å²) in [5.74, 6) is -0.897. The van der Waals surface area contributed by atoms with Crippen molar-refractivity contribution in [1.82, 2.24) is 4.98 Å². The van der Waals surface area contributed by atoms with Crippen LogP contribution in [0.3, 0.4) is 0 Å². The van der Waals surface area contributed by atoms with E-state index in [1.165, 1.54) is 11.1 Å². The van der Waals surface area contributed by atoms with Crippen molar-refractivity contribution < 1.29 is 9.90 Å². The van der Waals surface area contributed by atoms with Gasteiger partial charge in [-0.2, -0.15) is 0 Å². The van der Waals surface area contributed by atoms with Crippen LogP contribution in [0.15, 0.2) is 42.5 Å². The molecule has 3 rings (SSSR count). The molecule has 1 heterocycles. The Morgan fingerprint density at radius 1 is 1.14 bits per heavy atom. The number of rotatable bonds is 4. The summed E-state index contributed by atoms with van der Waals surface area (Å²) in [5.41, 5.74) is 3.76. The maximum Gasteiger partial charge on any atom is 0.335 e. The molecule has 0 amide bonds.